The summed E-state index contributed by atoms with van der Waals surface area (Å²) in [6, 6.07) is 6.02. The number of likely N-dealkylation sites (tertiary alicyclic amines) is 1. The van der Waals surface area contributed by atoms with E-state index in [1.807, 2.05) is 17.0 Å². The number of amides is 1. The zero-order valence-corrected chi connectivity index (χ0v) is 11.1. The summed E-state index contributed by atoms with van der Waals surface area (Å²) < 4.78 is 0. The topological polar surface area (TPSA) is 52.6 Å². The molecule has 0 radical (unpaired) electrons. The van der Waals surface area contributed by atoms with Gasteiger partial charge in [0.2, 0.25) is 0 Å². The first-order valence-corrected chi connectivity index (χ1v) is 7.00. The Morgan fingerprint density at radius 3 is 2.74 bits per heavy atom. The predicted molar refractivity (Wildman–Crippen MR) is 72.7 cm³/mol. The van der Waals surface area contributed by atoms with Gasteiger partial charge in [-0.15, -0.1) is 0 Å². The largest absolute Gasteiger partial charge is 0.396 e. The molecule has 0 unspecified atom stereocenters. The van der Waals surface area contributed by atoms with Crippen LogP contribution in [0.4, 0.5) is 0 Å². The molecule has 1 amide bonds. The summed E-state index contributed by atoms with van der Waals surface area (Å²) in [6.45, 7) is 3.54. The molecule has 2 aliphatic rings. The van der Waals surface area contributed by atoms with Gasteiger partial charge in [-0.25, -0.2) is 0 Å². The van der Waals surface area contributed by atoms with Gasteiger partial charge in [-0.05, 0) is 42.0 Å². The third-order valence-corrected chi connectivity index (χ3v) is 4.24. The standard InChI is InChI=1S/C15H20N2O2/c18-10-11-3-5-17(6-4-11)15(19)12-1-2-13-8-16-9-14(13)7-12/h1-2,7,11,16,18H,3-6,8-10H2. The summed E-state index contributed by atoms with van der Waals surface area (Å²) in [5.41, 5.74) is 3.34. The molecule has 1 fully saturated rings. The molecule has 1 aromatic rings. The van der Waals surface area contributed by atoms with Crippen molar-refractivity contribution in [2.75, 3.05) is 19.7 Å². The number of benzene rings is 1. The van der Waals surface area contributed by atoms with E-state index in [4.69, 9.17) is 5.11 Å². The van der Waals surface area contributed by atoms with Crippen LogP contribution in [0.25, 0.3) is 0 Å². The first-order chi connectivity index (χ1) is 9.28. The fraction of sp³-hybridized carbons (Fsp3) is 0.533. The molecule has 19 heavy (non-hydrogen) atoms. The van der Waals surface area contributed by atoms with Gasteiger partial charge in [-0.1, -0.05) is 6.07 Å². The molecule has 0 atom stereocenters. The van der Waals surface area contributed by atoms with Crippen molar-refractivity contribution in [2.24, 2.45) is 5.92 Å². The third-order valence-electron chi connectivity index (χ3n) is 4.24. The second-order valence-corrected chi connectivity index (χ2v) is 5.51. The van der Waals surface area contributed by atoms with E-state index >= 15 is 0 Å². The average molecular weight is 260 g/mol. The number of fused-ring (bicyclic) bond motifs is 1. The molecule has 4 nitrogen and oxygen atoms in total. The molecular weight excluding hydrogens is 240 g/mol. The normalized spacial score (nSPS) is 19.5. The van der Waals surface area contributed by atoms with Crippen molar-refractivity contribution in [1.29, 1.82) is 0 Å². The van der Waals surface area contributed by atoms with Crippen LogP contribution in [0.1, 0.15) is 34.3 Å². The van der Waals surface area contributed by atoms with E-state index in [2.05, 4.69) is 11.4 Å². The highest BCUT2D eigenvalue weighted by Gasteiger charge is 2.24. The Labute approximate surface area is 113 Å². The molecule has 0 saturated carbocycles. The van der Waals surface area contributed by atoms with Crippen LogP contribution in [0, 0.1) is 5.92 Å². The SMILES string of the molecule is O=C(c1ccc2c(c1)CNC2)N1CCC(CO)CC1. The molecular formula is C15H20N2O2. The first kappa shape index (κ1) is 12.6. The van der Waals surface area contributed by atoms with E-state index in [-0.39, 0.29) is 12.5 Å². The number of piperidine rings is 1. The number of nitrogens with zero attached hydrogens (tertiary/aromatic N) is 1. The maximum absolute atomic E-state index is 12.4. The number of carbonyl (C=O) groups is 1. The van der Waals surface area contributed by atoms with Gasteiger partial charge >= 0.3 is 0 Å². The van der Waals surface area contributed by atoms with Gasteiger partial charge < -0.3 is 15.3 Å². The highest BCUT2D eigenvalue weighted by Crippen LogP contribution is 2.21. The predicted octanol–water partition coefficient (Wildman–Crippen LogP) is 1.13. The van der Waals surface area contributed by atoms with Crippen LogP contribution >= 0.6 is 0 Å². The van der Waals surface area contributed by atoms with Crippen molar-refractivity contribution in [2.45, 2.75) is 25.9 Å². The number of aliphatic hydroxyl groups is 1. The molecule has 3 rings (SSSR count). The van der Waals surface area contributed by atoms with Gasteiger partial charge in [0.1, 0.15) is 0 Å². The molecule has 4 heteroatoms. The fourth-order valence-corrected chi connectivity index (χ4v) is 2.93. The summed E-state index contributed by atoms with van der Waals surface area (Å²) in [5, 5.41) is 12.4. The highest BCUT2D eigenvalue weighted by atomic mass is 16.3. The van der Waals surface area contributed by atoms with Gasteiger partial charge in [0.25, 0.3) is 5.91 Å². The number of hydrogen-bond donors (Lipinski definition) is 2. The van der Waals surface area contributed by atoms with Crippen LogP contribution in [0.5, 0.6) is 0 Å². The molecule has 102 valence electrons. The molecule has 2 N–H and O–H groups in total. The molecule has 0 bridgehead atoms. The Bertz CT molecular complexity index is 479. The Morgan fingerprint density at radius 2 is 2.00 bits per heavy atom. The molecule has 2 heterocycles. The van der Waals surface area contributed by atoms with Crippen LogP contribution in [-0.2, 0) is 13.1 Å². The lowest BCUT2D eigenvalue weighted by Crippen LogP contribution is -2.39. The molecule has 1 aromatic carbocycles. The van der Waals surface area contributed by atoms with Crippen molar-refractivity contribution in [3.8, 4) is 0 Å². The van der Waals surface area contributed by atoms with Gasteiger partial charge in [0.15, 0.2) is 0 Å². The Hall–Kier alpha value is -1.39. The molecule has 2 aliphatic heterocycles. The quantitative estimate of drug-likeness (QED) is 0.838. The average Bonchev–Trinajstić information content (AvgIpc) is 2.94. The van der Waals surface area contributed by atoms with Crippen LogP contribution in [0.2, 0.25) is 0 Å². The molecule has 1 saturated heterocycles. The van der Waals surface area contributed by atoms with Crippen molar-refractivity contribution < 1.29 is 9.90 Å². The van der Waals surface area contributed by atoms with Crippen molar-refractivity contribution in [3.63, 3.8) is 0 Å². The monoisotopic (exact) mass is 260 g/mol. The van der Waals surface area contributed by atoms with E-state index in [1.165, 1.54) is 11.1 Å². The zero-order chi connectivity index (χ0) is 13.2. The Morgan fingerprint density at radius 1 is 1.26 bits per heavy atom. The summed E-state index contributed by atoms with van der Waals surface area (Å²) in [4.78, 5) is 14.4. The minimum absolute atomic E-state index is 0.131. The lowest BCUT2D eigenvalue weighted by atomic mass is 9.97. The second kappa shape index (κ2) is 5.31. The number of nitrogens with one attached hydrogen (secondary N) is 1. The van der Waals surface area contributed by atoms with Crippen LogP contribution < -0.4 is 5.32 Å². The zero-order valence-electron chi connectivity index (χ0n) is 11.1. The smallest absolute Gasteiger partial charge is 0.253 e. The maximum Gasteiger partial charge on any atom is 0.253 e. The van der Waals surface area contributed by atoms with Crippen LogP contribution in [-0.4, -0.2) is 35.6 Å². The summed E-state index contributed by atoms with van der Waals surface area (Å²) >= 11 is 0. The van der Waals surface area contributed by atoms with E-state index < -0.39 is 0 Å². The van der Waals surface area contributed by atoms with Crippen molar-refractivity contribution >= 4 is 5.91 Å². The summed E-state index contributed by atoms with van der Waals surface area (Å²) in [5.74, 6) is 0.499. The van der Waals surface area contributed by atoms with E-state index in [0.29, 0.717) is 5.92 Å². The third kappa shape index (κ3) is 2.51. The van der Waals surface area contributed by atoms with Gasteiger partial charge in [0, 0.05) is 38.3 Å². The van der Waals surface area contributed by atoms with E-state index in [9.17, 15) is 4.79 Å². The summed E-state index contributed by atoms with van der Waals surface area (Å²) in [7, 11) is 0. The number of carbonyl (C=O) groups excluding carboxylic acids is 1. The molecule has 0 aromatic heterocycles. The van der Waals surface area contributed by atoms with Gasteiger partial charge in [0.05, 0.1) is 0 Å². The Kier molecular flexibility index (Phi) is 3.53. The number of aliphatic hydroxyl groups excluding tert-OH is 1. The maximum atomic E-state index is 12.4. The van der Waals surface area contributed by atoms with E-state index in [1.54, 1.807) is 0 Å². The van der Waals surface area contributed by atoms with Gasteiger partial charge in [-0.2, -0.15) is 0 Å². The lowest BCUT2D eigenvalue weighted by molar-refractivity contribution is 0.0651. The highest BCUT2D eigenvalue weighted by molar-refractivity contribution is 5.94. The van der Waals surface area contributed by atoms with Crippen molar-refractivity contribution in [1.82, 2.24) is 10.2 Å². The molecule has 0 aliphatic carbocycles. The Balaban J connectivity index is 1.70. The number of rotatable bonds is 2. The molecule has 0 spiro atoms. The van der Waals surface area contributed by atoms with E-state index in [0.717, 1.165) is 44.6 Å². The second-order valence-electron chi connectivity index (χ2n) is 5.51. The van der Waals surface area contributed by atoms with Crippen LogP contribution in [0.15, 0.2) is 18.2 Å². The minimum atomic E-state index is 0.131. The fourth-order valence-electron chi connectivity index (χ4n) is 2.93. The van der Waals surface area contributed by atoms with Crippen LogP contribution in [0.3, 0.4) is 0 Å². The summed E-state index contributed by atoms with van der Waals surface area (Å²) in [6.07, 6.45) is 1.82. The first-order valence-electron chi connectivity index (χ1n) is 7.00. The number of hydrogen-bond acceptors (Lipinski definition) is 3. The van der Waals surface area contributed by atoms with Gasteiger partial charge in [-0.3, -0.25) is 4.79 Å². The minimum Gasteiger partial charge on any atom is -0.396 e. The van der Waals surface area contributed by atoms with Crippen molar-refractivity contribution in [3.05, 3.63) is 34.9 Å². The lowest BCUT2D eigenvalue weighted by Gasteiger charge is -2.31.